The van der Waals surface area contributed by atoms with E-state index in [2.05, 4.69) is 65.5 Å². The highest BCUT2D eigenvalue weighted by atomic mass is 16.5. The minimum Gasteiger partial charge on any atom is -0.497 e. The Hall–Kier alpha value is -7.32. The number of benzene rings is 6. The van der Waals surface area contributed by atoms with Gasteiger partial charge in [0.05, 0.1) is 49.7 Å². The number of amides is 2. The van der Waals surface area contributed by atoms with Crippen molar-refractivity contribution in [2.24, 2.45) is 0 Å². The third kappa shape index (κ3) is 9.92. The fourth-order valence-electron chi connectivity index (χ4n) is 8.68. The topological polar surface area (TPSA) is 159 Å². The highest BCUT2D eigenvalue weighted by Gasteiger charge is 2.27. The predicted molar refractivity (Wildman–Crippen MR) is 253 cm³/mol. The summed E-state index contributed by atoms with van der Waals surface area (Å²) in [6.07, 6.45) is 4.15. The van der Waals surface area contributed by atoms with Crippen molar-refractivity contribution in [3.05, 3.63) is 168 Å². The number of nitrogens with one attached hydrogen (secondary N) is 5. The van der Waals surface area contributed by atoms with Gasteiger partial charge < -0.3 is 30.2 Å². The van der Waals surface area contributed by atoms with Gasteiger partial charge in [-0.15, -0.1) is 0 Å². The maximum Gasteiger partial charge on any atom is 0.251 e. The highest BCUT2D eigenvalue weighted by molar-refractivity contribution is 5.97. The Kier molecular flexibility index (Phi) is 13.0. The van der Waals surface area contributed by atoms with E-state index in [1.807, 2.05) is 103 Å². The number of carbonyl (C=O) groups excluding carboxylic acids is 2. The van der Waals surface area contributed by atoms with E-state index < -0.39 is 0 Å². The van der Waals surface area contributed by atoms with E-state index in [0.29, 0.717) is 43.0 Å². The third-order valence-electron chi connectivity index (χ3n) is 12.2. The van der Waals surface area contributed by atoms with E-state index in [9.17, 15) is 9.59 Å². The summed E-state index contributed by atoms with van der Waals surface area (Å²) in [7, 11) is 4.97. The Morgan fingerprint density at radius 1 is 0.662 bits per heavy atom. The van der Waals surface area contributed by atoms with Crippen LogP contribution in [0, 0.1) is 0 Å². The number of ether oxygens (including phenoxy) is 3. The van der Waals surface area contributed by atoms with E-state index in [4.69, 9.17) is 14.2 Å². The van der Waals surface area contributed by atoms with Crippen LogP contribution in [0.1, 0.15) is 62.0 Å². The molecule has 65 heavy (non-hydrogen) atoms. The molecule has 13 heteroatoms. The number of nitrogens with zero attached hydrogens (tertiary/aromatic N) is 3. The van der Waals surface area contributed by atoms with Gasteiger partial charge in [0.15, 0.2) is 0 Å². The molecule has 2 amide bonds. The van der Waals surface area contributed by atoms with Crippen molar-refractivity contribution in [1.29, 1.82) is 0 Å². The molecule has 8 aromatic rings. The van der Waals surface area contributed by atoms with Crippen molar-refractivity contribution >= 4 is 33.6 Å². The number of hydrogen-bond acceptors (Lipinski definition) is 9. The van der Waals surface area contributed by atoms with Crippen LogP contribution in [0.25, 0.3) is 44.1 Å². The van der Waals surface area contributed by atoms with Crippen LogP contribution in [0.5, 0.6) is 11.5 Å². The largest absolute Gasteiger partial charge is 0.497 e. The Labute approximate surface area is 377 Å². The lowest BCUT2D eigenvalue weighted by Crippen LogP contribution is -2.49. The molecule has 13 nitrogen and oxygen atoms in total. The fraction of sp³-hybridized carbons (Fsp3) is 0.231. The van der Waals surface area contributed by atoms with Gasteiger partial charge in [0.25, 0.3) is 11.8 Å². The number of hydrogen-bond donors (Lipinski definition) is 5. The summed E-state index contributed by atoms with van der Waals surface area (Å²) in [4.78, 5) is 30.5. The average molecular weight is 869 g/mol. The van der Waals surface area contributed by atoms with Crippen LogP contribution in [0.15, 0.2) is 140 Å². The molecular formula is C52H52N8O5. The first-order valence-corrected chi connectivity index (χ1v) is 21.8. The molecule has 3 atom stereocenters. The zero-order valence-electron chi connectivity index (χ0n) is 36.6. The lowest BCUT2D eigenvalue weighted by molar-refractivity contribution is 0.0912. The summed E-state index contributed by atoms with van der Waals surface area (Å²) < 4.78 is 17.0. The van der Waals surface area contributed by atoms with Gasteiger partial charge in [0.2, 0.25) is 0 Å². The number of aromatic nitrogens is 4. The highest BCUT2D eigenvalue weighted by Crippen LogP contribution is 2.32. The molecule has 1 aliphatic heterocycles. The number of piperazine rings is 1. The fourth-order valence-corrected chi connectivity index (χ4v) is 8.68. The normalized spacial score (nSPS) is 15.1. The van der Waals surface area contributed by atoms with Crippen LogP contribution in [0.4, 0.5) is 0 Å². The quantitative estimate of drug-likeness (QED) is 0.0643. The molecule has 330 valence electrons. The van der Waals surface area contributed by atoms with Gasteiger partial charge in [-0.05, 0) is 118 Å². The number of rotatable bonds is 16. The standard InChI is InChI=1S/C52H52N8O5/c1-63-20-17-46(56-51(61)38-10-4-7-33(21-38)35-13-15-47-42(23-35)29-54-58-47)40-25-41(28-45(27-40)65-3)49-31-60(19-18-53-49)32-50(37-9-6-12-44(26-37)64-2)57-52(62)39-11-5-8-34(22-39)36-14-16-48-43(24-36)30-55-59-48/h4-16,21-30,46,49-50,53H,17-20,31-32H2,1-3H3,(H,54,58)(H,55,59)(H,56,61)(H,57,62). The van der Waals surface area contributed by atoms with Gasteiger partial charge in [-0.25, -0.2) is 0 Å². The molecular weight excluding hydrogens is 817 g/mol. The smallest absolute Gasteiger partial charge is 0.251 e. The van der Waals surface area contributed by atoms with Crippen molar-refractivity contribution < 1.29 is 23.8 Å². The molecule has 0 aliphatic carbocycles. The lowest BCUT2D eigenvalue weighted by Gasteiger charge is -2.36. The van der Waals surface area contributed by atoms with Crippen LogP contribution < -0.4 is 25.4 Å². The number of fused-ring (bicyclic) bond motifs is 2. The molecule has 0 saturated carbocycles. The second-order valence-corrected chi connectivity index (χ2v) is 16.4. The van der Waals surface area contributed by atoms with Crippen molar-refractivity contribution in [3.8, 4) is 33.8 Å². The van der Waals surface area contributed by atoms with E-state index in [1.165, 1.54) is 0 Å². The zero-order valence-corrected chi connectivity index (χ0v) is 36.6. The summed E-state index contributed by atoms with van der Waals surface area (Å²) in [5, 5.41) is 26.7. The maximum atomic E-state index is 14.1. The summed E-state index contributed by atoms with van der Waals surface area (Å²) in [6.45, 7) is 3.18. The second-order valence-electron chi connectivity index (χ2n) is 16.4. The lowest BCUT2D eigenvalue weighted by atomic mass is 9.95. The molecule has 3 unspecified atom stereocenters. The zero-order chi connectivity index (χ0) is 44.7. The van der Waals surface area contributed by atoms with Gasteiger partial charge in [-0.3, -0.25) is 24.7 Å². The molecule has 1 aliphatic rings. The Morgan fingerprint density at radius 3 is 1.89 bits per heavy atom. The molecule has 9 rings (SSSR count). The number of methoxy groups -OCH3 is 3. The molecule has 1 saturated heterocycles. The maximum absolute atomic E-state index is 14.1. The van der Waals surface area contributed by atoms with Crippen LogP contribution in [-0.2, 0) is 4.74 Å². The molecule has 2 aromatic heterocycles. The van der Waals surface area contributed by atoms with Crippen molar-refractivity contribution in [2.75, 3.05) is 54.1 Å². The number of carbonyl (C=O) groups is 2. The molecule has 3 heterocycles. The first kappa shape index (κ1) is 43.0. The second kappa shape index (κ2) is 19.6. The first-order chi connectivity index (χ1) is 31.8. The van der Waals surface area contributed by atoms with Gasteiger partial charge in [0.1, 0.15) is 11.5 Å². The minimum atomic E-state index is -0.360. The first-order valence-electron chi connectivity index (χ1n) is 21.8. The van der Waals surface area contributed by atoms with E-state index in [-0.39, 0.29) is 29.9 Å². The molecule has 6 aromatic carbocycles. The van der Waals surface area contributed by atoms with Crippen molar-refractivity contribution in [3.63, 3.8) is 0 Å². The van der Waals surface area contributed by atoms with Crippen LogP contribution in [0.3, 0.4) is 0 Å². The van der Waals surface area contributed by atoms with Gasteiger partial charge in [0, 0.05) is 67.8 Å². The Bertz CT molecular complexity index is 2950. The van der Waals surface area contributed by atoms with Gasteiger partial charge >= 0.3 is 0 Å². The number of aromatic amines is 2. The van der Waals surface area contributed by atoms with Crippen LogP contribution >= 0.6 is 0 Å². The van der Waals surface area contributed by atoms with E-state index >= 15 is 0 Å². The third-order valence-corrected chi connectivity index (χ3v) is 12.2. The molecule has 1 fully saturated rings. The minimum absolute atomic E-state index is 0.0634. The van der Waals surface area contributed by atoms with Gasteiger partial charge in [-0.2, -0.15) is 10.2 Å². The van der Waals surface area contributed by atoms with Crippen molar-refractivity contribution in [1.82, 2.24) is 41.2 Å². The van der Waals surface area contributed by atoms with Gasteiger partial charge in [-0.1, -0.05) is 54.6 Å². The average Bonchev–Trinajstić information content (AvgIpc) is 4.04. The van der Waals surface area contributed by atoms with Crippen LogP contribution in [0.2, 0.25) is 0 Å². The summed E-state index contributed by atoms with van der Waals surface area (Å²) >= 11 is 0. The molecule has 0 bridgehead atoms. The Morgan fingerprint density at radius 2 is 1.26 bits per heavy atom. The number of H-pyrrole nitrogens is 2. The van der Waals surface area contributed by atoms with Crippen LogP contribution in [-0.4, -0.2) is 91.2 Å². The molecule has 5 N–H and O–H groups in total. The summed E-state index contributed by atoms with van der Waals surface area (Å²) in [6, 6.07) is 40.9. The van der Waals surface area contributed by atoms with Crippen molar-refractivity contribution in [2.45, 2.75) is 24.5 Å². The van der Waals surface area contributed by atoms with E-state index in [0.717, 1.165) is 79.6 Å². The predicted octanol–water partition coefficient (Wildman–Crippen LogP) is 8.42. The molecule has 0 radical (unpaired) electrons. The SMILES string of the molecule is COCCC(NC(=O)c1cccc(-c2ccc3[nH]ncc3c2)c1)c1cc(OC)cc(C2CN(CC(NC(=O)c3cccc(-c4ccc5[nH]ncc5c4)c3)c3cccc(OC)c3)CCN2)c1. The van der Waals surface area contributed by atoms with E-state index in [1.54, 1.807) is 33.7 Å². The monoisotopic (exact) mass is 868 g/mol. The molecule has 0 spiro atoms. The Balaban J connectivity index is 0.935. The summed E-state index contributed by atoms with van der Waals surface area (Å²) in [5.74, 6) is 1.06. The summed E-state index contributed by atoms with van der Waals surface area (Å²) in [5.41, 5.74) is 9.82.